The van der Waals surface area contributed by atoms with Crippen molar-refractivity contribution >= 4 is 27.4 Å². The SMILES string of the molecule is CCN(CC(=O)Nc1cc(C(C)(C)C)nn1-c1cccc(C)c1)S(=O)(=O)c1ccc([N+](=O)[O-])cc1. The van der Waals surface area contributed by atoms with Gasteiger partial charge in [0.2, 0.25) is 15.9 Å². The van der Waals surface area contributed by atoms with Crippen LogP contribution >= 0.6 is 0 Å². The highest BCUT2D eigenvalue weighted by Crippen LogP contribution is 2.27. The van der Waals surface area contributed by atoms with E-state index in [1.165, 1.54) is 0 Å². The topological polar surface area (TPSA) is 127 Å². The molecule has 0 aliphatic carbocycles. The van der Waals surface area contributed by atoms with Crippen LogP contribution in [0.2, 0.25) is 0 Å². The van der Waals surface area contributed by atoms with Crippen molar-refractivity contribution in [3.63, 3.8) is 0 Å². The van der Waals surface area contributed by atoms with E-state index >= 15 is 0 Å². The van der Waals surface area contributed by atoms with E-state index in [4.69, 9.17) is 0 Å². The van der Waals surface area contributed by atoms with Crippen LogP contribution < -0.4 is 5.32 Å². The number of nitro groups is 1. The number of amides is 1. The van der Waals surface area contributed by atoms with Crippen molar-refractivity contribution in [2.45, 2.75) is 44.9 Å². The summed E-state index contributed by atoms with van der Waals surface area (Å²) in [6, 6.07) is 14.0. The molecular weight excluding hydrogens is 470 g/mol. The first-order chi connectivity index (χ1) is 16.3. The quantitative estimate of drug-likeness (QED) is 0.368. The van der Waals surface area contributed by atoms with E-state index in [2.05, 4.69) is 10.4 Å². The highest BCUT2D eigenvalue weighted by atomic mass is 32.2. The highest BCUT2D eigenvalue weighted by Gasteiger charge is 2.27. The van der Waals surface area contributed by atoms with Gasteiger partial charge >= 0.3 is 0 Å². The van der Waals surface area contributed by atoms with Crippen LogP contribution in [0.1, 0.15) is 39.0 Å². The van der Waals surface area contributed by atoms with Crippen molar-refractivity contribution in [1.29, 1.82) is 0 Å². The Morgan fingerprint density at radius 3 is 2.34 bits per heavy atom. The minimum atomic E-state index is -4.04. The number of anilines is 1. The molecule has 1 amide bonds. The number of aromatic nitrogens is 2. The molecule has 0 unspecified atom stereocenters. The van der Waals surface area contributed by atoms with Gasteiger partial charge in [-0.05, 0) is 36.8 Å². The van der Waals surface area contributed by atoms with Gasteiger partial charge in [0, 0.05) is 30.2 Å². The molecule has 0 aliphatic heterocycles. The third-order valence-electron chi connectivity index (χ3n) is 5.35. The number of nitrogens with zero attached hydrogens (tertiary/aromatic N) is 4. The van der Waals surface area contributed by atoms with Gasteiger partial charge in [-0.25, -0.2) is 13.1 Å². The molecule has 1 N–H and O–H groups in total. The molecule has 0 bridgehead atoms. The van der Waals surface area contributed by atoms with E-state index < -0.39 is 27.4 Å². The largest absolute Gasteiger partial charge is 0.309 e. The van der Waals surface area contributed by atoms with Crippen LogP contribution in [-0.2, 0) is 20.2 Å². The standard InChI is InChI=1S/C24H29N5O5S/c1-6-27(35(33,34)20-12-10-18(11-13-20)29(31)32)16-23(30)25-22-15-21(24(3,4)5)26-28(22)19-9-7-8-17(2)14-19/h7-15H,6,16H2,1-5H3,(H,25,30). The van der Waals surface area contributed by atoms with Crippen LogP contribution in [0.5, 0.6) is 0 Å². The van der Waals surface area contributed by atoms with Gasteiger partial charge in [0.05, 0.1) is 27.7 Å². The number of benzene rings is 2. The summed E-state index contributed by atoms with van der Waals surface area (Å²) < 4.78 is 28.8. The van der Waals surface area contributed by atoms with Crippen LogP contribution in [-0.4, -0.2) is 46.4 Å². The van der Waals surface area contributed by atoms with Crippen molar-refractivity contribution in [3.05, 3.63) is 76.0 Å². The summed E-state index contributed by atoms with van der Waals surface area (Å²) in [5, 5.41) is 18.3. The number of sulfonamides is 1. The summed E-state index contributed by atoms with van der Waals surface area (Å²) in [6.45, 7) is 9.21. The van der Waals surface area contributed by atoms with Crippen molar-refractivity contribution in [2.24, 2.45) is 0 Å². The first kappa shape index (κ1) is 26.0. The number of rotatable bonds is 8. The van der Waals surface area contributed by atoms with Gasteiger partial charge < -0.3 is 5.32 Å². The molecule has 11 heteroatoms. The van der Waals surface area contributed by atoms with Crippen molar-refractivity contribution in [1.82, 2.24) is 14.1 Å². The zero-order valence-electron chi connectivity index (χ0n) is 20.3. The molecule has 1 aromatic heterocycles. The van der Waals surface area contributed by atoms with E-state index in [0.29, 0.717) is 5.82 Å². The summed E-state index contributed by atoms with van der Waals surface area (Å²) in [6.07, 6.45) is 0. The van der Waals surface area contributed by atoms with E-state index in [1.807, 2.05) is 52.0 Å². The Morgan fingerprint density at radius 2 is 1.80 bits per heavy atom. The summed E-state index contributed by atoms with van der Waals surface area (Å²) in [5.74, 6) is -0.110. The minimum Gasteiger partial charge on any atom is -0.309 e. The third-order valence-corrected chi connectivity index (χ3v) is 7.28. The molecular formula is C24H29N5O5S. The zero-order chi connectivity index (χ0) is 26.0. The molecule has 0 saturated carbocycles. The van der Waals surface area contributed by atoms with Gasteiger partial charge in [-0.1, -0.05) is 39.8 Å². The number of nitrogens with one attached hydrogen (secondary N) is 1. The second-order valence-electron chi connectivity index (χ2n) is 9.15. The molecule has 0 radical (unpaired) electrons. The van der Waals surface area contributed by atoms with Crippen LogP contribution in [0, 0.1) is 17.0 Å². The van der Waals surface area contributed by atoms with Gasteiger partial charge in [0.25, 0.3) is 5.69 Å². The molecule has 2 aromatic carbocycles. The predicted octanol–water partition coefficient (Wildman–Crippen LogP) is 4.04. The predicted molar refractivity (Wildman–Crippen MR) is 133 cm³/mol. The van der Waals surface area contributed by atoms with Gasteiger partial charge in [-0.15, -0.1) is 0 Å². The van der Waals surface area contributed by atoms with E-state index in [-0.39, 0.29) is 22.5 Å². The molecule has 3 rings (SSSR count). The highest BCUT2D eigenvalue weighted by molar-refractivity contribution is 7.89. The van der Waals surface area contributed by atoms with Crippen LogP contribution in [0.25, 0.3) is 5.69 Å². The second-order valence-corrected chi connectivity index (χ2v) is 11.1. The van der Waals surface area contributed by atoms with Gasteiger partial charge in [0.15, 0.2) is 0 Å². The smallest absolute Gasteiger partial charge is 0.269 e. The Morgan fingerprint density at radius 1 is 1.14 bits per heavy atom. The number of nitro benzene ring substituents is 1. The minimum absolute atomic E-state index is 0.0388. The van der Waals surface area contributed by atoms with E-state index in [0.717, 1.165) is 45.5 Å². The Hall–Kier alpha value is -3.57. The summed E-state index contributed by atoms with van der Waals surface area (Å²) in [7, 11) is -4.04. The number of aryl methyl sites for hydroxylation is 1. The van der Waals surface area contributed by atoms with Crippen LogP contribution in [0.4, 0.5) is 11.5 Å². The van der Waals surface area contributed by atoms with Crippen LogP contribution in [0.15, 0.2) is 59.5 Å². The molecule has 0 atom stereocenters. The zero-order valence-corrected chi connectivity index (χ0v) is 21.2. The molecule has 0 spiro atoms. The van der Waals surface area contributed by atoms with Crippen molar-refractivity contribution < 1.29 is 18.1 Å². The summed E-state index contributed by atoms with van der Waals surface area (Å²) >= 11 is 0. The van der Waals surface area contributed by atoms with Gasteiger partial charge in [-0.3, -0.25) is 14.9 Å². The number of non-ortho nitro benzene ring substituents is 1. The lowest BCUT2D eigenvalue weighted by Gasteiger charge is -2.20. The number of hydrogen-bond acceptors (Lipinski definition) is 6. The molecule has 0 fully saturated rings. The first-order valence-electron chi connectivity index (χ1n) is 11.0. The fraction of sp³-hybridized carbons (Fsp3) is 0.333. The van der Waals surface area contributed by atoms with Crippen LogP contribution in [0.3, 0.4) is 0 Å². The maximum Gasteiger partial charge on any atom is 0.269 e. The molecule has 3 aromatic rings. The Kier molecular flexibility index (Phi) is 7.41. The Bertz CT molecular complexity index is 1340. The van der Waals surface area contributed by atoms with E-state index in [9.17, 15) is 23.3 Å². The average Bonchev–Trinajstić information content (AvgIpc) is 3.21. The molecule has 186 valence electrons. The average molecular weight is 500 g/mol. The molecule has 1 heterocycles. The maximum atomic E-state index is 13.1. The molecule has 0 aliphatic rings. The monoisotopic (exact) mass is 499 g/mol. The Balaban J connectivity index is 1.87. The van der Waals surface area contributed by atoms with Gasteiger partial charge in [-0.2, -0.15) is 9.40 Å². The van der Waals surface area contributed by atoms with Gasteiger partial charge in [0.1, 0.15) is 5.82 Å². The Labute approximate surface area is 204 Å². The molecule has 10 nitrogen and oxygen atoms in total. The number of carbonyl (C=O) groups excluding carboxylic acids is 1. The lowest BCUT2D eigenvalue weighted by atomic mass is 9.92. The number of likely N-dealkylation sites (N-methyl/N-ethyl adjacent to an activating group) is 1. The number of carbonyl (C=O) groups is 1. The van der Waals surface area contributed by atoms with Crippen molar-refractivity contribution in [3.8, 4) is 5.69 Å². The van der Waals surface area contributed by atoms with Crippen molar-refractivity contribution in [2.75, 3.05) is 18.4 Å². The summed E-state index contributed by atoms with van der Waals surface area (Å²) in [4.78, 5) is 23.1. The fourth-order valence-electron chi connectivity index (χ4n) is 3.39. The summed E-state index contributed by atoms with van der Waals surface area (Å²) in [5.41, 5.74) is 2.06. The normalized spacial score (nSPS) is 12.1. The lowest BCUT2D eigenvalue weighted by Crippen LogP contribution is -2.38. The maximum absolute atomic E-state index is 13.1. The molecule has 0 saturated heterocycles. The van der Waals surface area contributed by atoms with E-state index in [1.54, 1.807) is 17.7 Å². The number of hydrogen-bond donors (Lipinski definition) is 1. The molecule has 35 heavy (non-hydrogen) atoms. The first-order valence-corrected chi connectivity index (χ1v) is 12.5. The third kappa shape index (κ3) is 5.92. The fourth-order valence-corrected chi connectivity index (χ4v) is 4.80. The second kappa shape index (κ2) is 9.96. The lowest BCUT2D eigenvalue weighted by molar-refractivity contribution is -0.384.